The number of ether oxygens (including phenoxy) is 1. The first-order chi connectivity index (χ1) is 12.1. The summed E-state index contributed by atoms with van der Waals surface area (Å²) < 4.78 is 10.9. The molecule has 1 amide bonds. The summed E-state index contributed by atoms with van der Waals surface area (Å²) in [6, 6.07) is -0.694. The van der Waals surface area contributed by atoms with E-state index in [2.05, 4.69) is 10.2 Å². The number of aliphatic hydroxyl groups is 2. The molecule has 1 spiro atoms. The Morgan fingerprint density at radius 2 is 2.12 bits per heavy atom. The summed E-state index contributed by atoms with van der Waals surface area (Å²) in [6.07, 6.45) is 0.552. The molecule has 9 nitrogen and oxygen atoms in total. The molecule has 0 bridgehead atoms. The van der Waals surface area contributed by atoms with Crippen LogP contribution in [-0.2, 0) is 9.53 Å². The fourth-order valence-corrected chi connectivity index (χ4v) is 4.05. The van der Waals surface area contributed by atoms with Gasteiger partial charge < -0.3 is 24.3 Å². The number of rotatable bonds is 5. The molecule has 26 heavy (non-hydrogen) atoms. The smallest absolute Gasteiger partial charge is 0.245 e. The molecule has 0 saturated carbocycles. The second kappa shape index (κ2) is 6.56. The SMILES string of the molecule is CC1CCC2(CN(C(c3nnco3)[C@@H](C)O)C2=O)N1C(O)OC(C)(C)C. The number of aliphatic hydroxyl groups excluding tert-OH is 2. The van der Waals surface area contributed by atoms with Crippen LogP contribution in [0.2, 0.25) is 0 Å². The zero-order valence-electron chi connectivity index (χ0n) is 15.9. The Balaban J connectivity index is 1.82. The first kappa shape index (κ1) is 19.2. The number of likely N-dealkylation sites (tertiary alicyclic amines) is 2. The van der Waals surface area contributed by atoms with Crippen LogP contribution in [0.4, 0.5) is 0 Å². The van der Waals surface area contributed by atoms with Gasteiger partial charge in [-0.15, -0.1) is 10.2 Å². The van der Waals surface area contributed by atoms with Crippen LogP contribution >= 0.6 is 0 Å². The highest BCUT2D eigenvalue weighted by Crippen LogP contribution is 2.46. The predicted octanol–water partition coefficient (Wildman–Crippen LogP) is 0.648. The normalized spacial score (nSPS) is 30.5. The Morgan fingerprint density at radius 1 is 1.42 bits per heavy atom. The van der Waals surface area contributed by atoms with Gasteiger partial charge in [0.05, 0.1) is 11.7 Å². The summed E-state index contributed by atoms with van der Waals surface area (Å²) in [5, 5.41) is 28.3. The van der Waals surface area contributed by atoms with Crippen molar-refractivity contribution in [3.05, 3.63) is 12.3 Å². The van der Waals surface area contributed by atoms with Crippen molar-refractivity contribution in [3.8, 4) is 0 Å². The monoisotopic (exact) mass is 368 g/mol. The molecule has 0 radical (unpaired) electrons. The lowest BCUT2D eigenvalue weighted by atomic mass is 9.83. The zero-order chi connectivity index (χ0) is 19.3. The fourth-order valence-electron chi connectivity index (χ4n) is 4.05. The number of hydrogen-bond donors (Lipinski definition) is 2. The van der Waals surface area contributed by atoms with E-state index in [1.807, 2.05) is 27.7 Å². The largest absolute Gasteiger partial charge is 0.426 e. The highest BCUT2D eigenvalue weighted by atomic mass is 16.6. The molecule has 1 aromatic heterocycles. The van der Waals surface area contributed by atoms with Gasteiger partial charge in [0, 0.05) is 12.6 Å². The summed E-state index contributed by atoms with van der Waals surface area (Å²) >= 11 is 0. The molecule has 1 aromatic rings. The molecule has 3 heterocycles. The number of β-lactam (4-membered cyclic amide) rings is 1. The highest BCUT2D eigenvalue weighted by molar-refractivity contribution is 5.93. The van der Waals surface area contributed by atoms with Gasteiger partial charge in [0.15, 0.2) is 0 Å². The van der Waals surface area contributed by atoms with Crippen LogP contribution in [0.1, 0.15) is 59.4 Å². The van der Waals surface area contributed by atoms with Gasteiger partial charge in [-0.25, -0.2) is 4.90 Å². The lowest BCUT2D eigenvalue weighted by Crippen LogP contribution is -2.75. The Hall–Kier alpha value is -1.55. The van der Waals surface area contributed by atoms with Crippen LogP contribution < -0.4 is 0 Å². The molecule has 4 unspecified atom stereocenters. The van der Waals surface area contributed by atoms with Crippen molar-refractivity contribution in [2.75, 3.05) is 6.54 Å². The predicted molar refractivity (Wildman–Crippen MR) is 90.5 cm³/mol. The molecule has 2 saturated heterocycles. The van der Waals surface area contributed by atoms with E-state index in [1.165, 1.54) is 11.3 Å². The lowest BCUT2D eigenvalue weighted by molar-refractivity contribution is -0.272. The maximum absolute atomic E-state index is 13.2. The van der Waals surface area contributed by atoms with Crippen LogP contribution in [0.3, 0.4) is 0 Å². The van der Waals surface area contributed by atoms with Crippen LogP contribution in [0.25, 0.3) is 0 Å². The standard InChI is InChI=1S/C17H28N4O5/c1-10-6-7-17(21(10)15(24)26-16(3,4)5)8-20(14(17)23)12(11(2)22)13-19-18-9-25-13/h9-12,15,22,24H,6-8H2,1-5H3/t10?,11-,12?,15?,17?/m1/s1. The summed E-state index contributed by atoms with van der Waals surface area (Å²) in [7, 11) is 0. The van der Waals surface area contributed by atoms with E-state index in [1.54, 1.807) is 11.8 Å². The number of amides is 1. The Bertz CT molecular complexity index is 644. The van der Waals surface area contributed by atoms with Crippen molar-refractivity contribution in [2.24, 2.45) is 0 Å². The molecule has 2 aliphatic rings. The minimum Gasteiger partial charge on any atom is -0.426 e. The molecule has 2 fully saturated rings. The number of nitrogens with zero attached hydrogens (tertiary/aromatic N) is 4. The molecular weight excluding hydrogens is 340 g/mol. The van der Waals surface area contributed by atoms with Crippen molar-refractivity contribution in [1.29, 1.82) is 0 Å². The maximum Gasteiger partial charge on any atom is 0.245 e. The average molecular weight is 368 g/mol. The summed E-state index contributed by atoms with van der Waals surface area (Å²) in [5.41, 5.74) is -1.36. The Morgan fingerprint density at radius 3 is 2.62 bits per heavy atom. The molecule has 0 aromatic carbocycles. The first-order valence-electron chi connectivity index (χ1n) is 8.96. The molecule has 0 aliphatic carbocycles. The van der Waals surface area contributed by atoms with Crippen molar-refractivity contribution in [2.45, 2.75) is 83.2 Å². The molecule has 146 valence electrons. The van der Waals surface area contributed by atoms with Crippen molar-refractivity contribution >= 4 is 5.91 Å². The van der Waals surface area contributed by atoms with E-state index >= 15 is 0 Å². The van der Waals surface area contributed by atoms with Gasteiger partial charge in [-0.2, -0.15) is 0 Å². The molecule has 2 N–H and O–H groups in total. The molecule has 3 rings (SSSR count). The quantitative estimate of drug-likeness (QED) is 0.575. The number of carbonyl (C=O) groups excluding carboxylic acids is 1. The molecular formula is C17H28N4O5. The fraction of sp³-hybridized carbons (Fsp3) is 0.824. The number of carbonyl (C=O) groups is 1. The van der Waals surface area contributed by atoms with Crippen LogP contribution in [0.5, 0.6) is 0 Å². The second-order valence-corrected chi connectivity index (χ2v) is 8.28. The van der Waals surface area contributed by atoms with E-state index in [4.69, 9.17) is 9.15 Å². The lowest BCUT2D eigenvalue weighted by Gasteiger charge is -2.55. The Labute approximate surface area is 152 Å². The van der Waals surface area contributed by atoms with E-state index in [9.17, 15) is 15.0 Å². The van der Waals surface area contributed by atoms with Gasteiger partial charge >= 0.3 is 0 Å². The minimum absolute atomic E-state index is 0.00635. The minimum atomic E-state index is -1.17. The molecule has 5 atom stereocenters. The Kier molecular flexibility index (Phi) is 4.85. The van der Waals surface area contributed by atoms with Crippen LogP contribution in [0, 0.1) is 0 Å². The van der Waals surface area contributed by atoms with Gasteiger partial charge in [0.1, 0.15) is 11.6 Å². The average Bonchev–Trinajstić information content (AvgIpc) is 3.14. The van der Waals surface area contributed by atoms with Gasteiger partial charge in [0.25, 0.3) is 0 Å². The topological polar surface area (TPSA) is 112 Å². The second-order valence-electron chi connectivity index (χ2n) is 8.28. The van der Waals surface area contributed by atoms with Crippen molar-refractivity contribution in [1.82, 2.24) is 20.0 Å². The zero-order valence-corrected chi connectivity index (χ0v) is 15.9. The van der Waals surface area contributed by atoms with E-state index in [0.29, 0.717) is 13.0 Å². The van der Waals surface area contributed by atoms with Gasteiger partial charge in [-0.05, 0) is 47.5 Å². The first-order valence-corrected chi connectivity index (χ1v) is 8.96. The van der Waals surface area contributed by atoms with Crippen LogP contribution in [-0.4, -0.2) is 72.4 Å². The summed E-state index contributed by atoms with van der Waals surface area (Å²) in [6.45, 7) is 9.50. The van der Waals surface area contributed by atoms with Gasteiger partial charge in [-0.1, -0.05) is 0 Å². The third-order valence-corrected chi connectivity index (χ3v) is 5.16. The summed E-state index contributed by atoms with van der Waals surface area (Å²) in [4.78, 5) is 16.5. The van der Waals surface area contributed by atoms with E-state index in [0.717, 1.165) is 6.42 Å². The van der Waals surface area contributed by atoms with Crippen LogP contribution in [0.15, 0.2) is 10.8 Å². The van der Waals surface area contributed by atoms with Crippen molar-refractivity contribution < 1.29 is 24.2 Å². The highest BCUT2D eigenvalue weighted by Gasteiger charge is 2.64. The number of aromatic nitrogens is 2. The third-order valence-electron chi connectivity index (χ3n) is 5.16. The van der Waals surface area contributed by atoms with Gasteiger partial charge in [-0.3, -0.25) is 4.79 Å². The maximum atomic E-state index is 13.2. The summed E-state index contributed by atoms with van der Waals surface area (Å²) in [5.74, 6) is 0.0368. The van der Waals surface area contributed by atoms with E-state index < -0.39 is 29.7 Å². The van der Waals surface area contributed by atoms with Gasteiger partial charge in [0.2, 0.25) is 24.6 Å². The van der Waals surface area contributed by atoms with E-state index in [-0.39, 0.29) is 17.8 Å². The molecule has 2 aliphatic heterocycles. The molecule has 9 heteroatoms. The third kappa shape index (κ3) is 3.13. The van der Waals surface area contributed by atoms with Crippen molar-refractivity contribution in [3.63, 3.8) is 0 Å². The number of hydrogen-bond acceptors (Lipinski definition) is 8.